The van der Waals surface area contributed by atoms with Crippen LogP contribution in [0.25, 0.3) is 0 Å². The number of methoxy groups -OCH3 is 1. The van der Waals surface area contributed by atoms with E-state index in [4.69, 9.17) is 0 Å². The third kappa shape index (κ3) is 3.21. The molecule has 0 spiro atoms. The molecule has 0 aliphatic carbocycles. The van der Waals surface area contributed by atoms with Gasteiger partial charge in [0.25, 0.3) is 0 Å². The summed E-state index contributed by atoms with van der Waals surface area (Å²) in [4.78, 5) is 10.9. The van der Waals surface area contributed by atoms with E-state index in [1.807, 2.05) is 0 Å². The molecule has 4 nitrogen and oxygen atoms in total. The fourth-order valence-corrected chi connectivity index (χ4v) is 1.53. The van der Waals surface area contributed by atoms with Gasteiger partial charge in [0.2, 0.25) is 0 Å². The molecule has 1 N–H and O–H groups in total. The van der Waals surface area contributed by atoms with Crippen LogP contribution in [0.5, 0.6) is 0 Å². The molecule has 0 bridgehead atoms. The van der Waals surface area contributed by atoms with Gasteiger partial charge in [-0.05, 0) is 12.8 Å². The molecule has 7 heteroatoms. The number of aromatic nitrogens is 2. The highest BCUT2D eigenvalue weighted by atomic mass is 19.4. The molecule has 1 heterocycles. The van der Waals surface area contributed by atoms with E-state index in [0.29, 0.717) is 12.1 Å². The van der Waals surface area contributed by atoms with E-state index in [9.17, 15) is 18.0 Å². The maximum absolute atomic E-state index is 12.6. The summed E-state index contributed by atoms with van der Waals surface area (Å²) in [5.74, 6) is -0.540. The second-order valence-electron chi connectivity index (χ2n) is 3.46. The molecular formula is C10H13F3N2O2. The molecule has 0 radical (unpaired) electrons. The summed E-state index contributed by atoms with van der Waals surface area (Å²) >= 11 is 0. The molecule has 17 heavy (non-hydrogen) atoms. The molecule has 0 saturated heterocycles. The first-order chi connectivity index (χ1) is 7.90. The van der Waals surface area contributed by atoms with Crippen molar-refractivity contribution >= 4 is 5.97 Å². The lowest BCUT2D eigenvalue weighted by Crippen LogP contribution is -2.11. The normalized spacial score (nSPS) is 11.6. The van der Waals surface area contributed by atoms with Crippen LogP contribution in [0.2, 0.25) is 0 Å². The number of esters is 1. The number of H-pyrrole nitrogens is 1. The minimum absolute atomic E-state index is 0.0266. The van der Waals surface area contributed by atoms with E-state index >= 15 is 0 Å². The molecule has 96 valence electrons. The topological polar surface area (TPSA) is 55.0 Å². The predicted molar refractivity (Wildman–Crippen MR) is 53.3 cm³/mol. The Hall–Kier alpha value is -1.53. The lowest BCUT2D eigenvalue weighted by molar-refractivity contribution is -0.143. The number of ether oxygens (including phenoxy) is 1. The smallest absolute Gasteiger partial charge is 0.435 e. The fourth-order valence-electron chi connectivity index (χ4n) is 1.53. The molecule has 0 fully saturated rings. The van der Waals surface area contributed by atoms with Crippen LogP contribution in [0.15, 0.2) is 0 Å². The van der Waals surface area contributed by atoms with Crippen molar-refractivity contribution in [1.82, 2.24) is 10.2 Å². The minimum Gasteiger partial charge on any atom is -0.469 e. The van der Waals surface area contributed by atoms with Crippen LogP contribution in [0, 0.1) is 0 Å². The summed E-state index contributed by atoms with van der Waals surface area (Å²) in [7, 11) is 1.20. The van der Waals surface area contributed by atoms with Crippen molar-refractivity contribution in [2.45, 2.75) is 32.4 Å². The van der Waals surface area contributed by atoms with Gasteiger partial charge >= 0.3 is 12.1 Å². The lowest BCUT2D eigenvalue weighted by Gasteiger charge is -2.07. The third-order valence-electron chi connectivity index (χ3n) is 2.38. The summed E-state index contributed by atoms with van der Waals surface area (Å²) in [6.07, 6.45) is -4.22. The van der Waals surface area contributed by atoms with E-state index < -0.39 is 17.8 Å². The van der Waals surface area contributed by atoms with Gasteiger partial charge in [-0.3, -0.25) is 9.89 Å². The second kappa shape index (κ2) is 5.20. The molecule has 1 rings (SSSR count). The Morgan fingerprint density at radius 1 is 1.47 bits per heavy atom. The number of nitrogens with zero attached hydrogens (tertiary/aromatic N) is 1. The molecule has 1 aromatic heterocycles. The monoisotopic (exact) mass is 250 g/mol. The third-order valence-corrected chi connectivity index (χ3v) is 2.38. The highest BCUT2D eigenvalue weighted by molar-refractivity contribution is 5.69. The predicted octanol–water partition coefficient (Wildman–Crippen LogP) is 2.10. The quantitative estimate of drug-likeness (QED) is 0.832. The van der Waals surface area contributed by atoms with E-state index in [1.165, 1.54) is 7.11 Å². The Bertz CT molecular complexity index is 399. The van der Waals surface area contributed by atoms with Crippen molar-refractivity contribution in [2.24, 2.45) is 0 Å². The number of carbonyl (C=O) groups excluding carboxylic acids is 1. The second-order valence-corrected chi connectivity index (χ2v) is 3.46. The van der Waals surface area contributed by atoms with Gasteiger partial charge in [0, 0.05) is 17.7 Å². The van der Waals surface area contributed by atoms with Crippen molar-refractivity contribution in [3.8, 4) is 0 Å². The van der Waals surface area contributed by atoms with Gasteiger partial charge < -0.3 is 4.74 Å². The first-order valence-corrected chi connectivity index (χ1v) is 5.10. The van der Waals surface area contributed by atoms with Crippen LogP contribution in [0.1, 0.15) is 30.3 Å². The summed E-state index contributed by atoms with van der Waals surface area (Å²) < 4.78 is 42.2. The Kier molecular flexibility index (Phi) is 4.14. The van der Waals surface area contributed by atoms with E-state index in [2.05, 4.69) is 14.9 Å². The number of rotatable bonds is 4. The van der Waals surface area contributed by atoms with Crippen LogP contribution >= 0.6 is 0 Å². The van der Waals surface area contributed by atoms with E-state index in [-0.39, 0.29) is 18.4 Å². The van der Waals surface area contributed by atoms with Gasteiger partial charge in [0.15, 0.2) is 5.69 Å². The minimum atomic E-state index is -4.50. The Balaban J connectivity index is 2.94. The molecule has 0 aliphatic rings. The van der Waals surface area contributed by atoms with Crippen LogP contribution < -0.4 is 0 Å². The van der Waals surface area contributed by atoms with Crippen molar-refractivity contribution < 1.29 is 22.7 Å². The van der Waals surface area contributed by atoms with Crippen molar-refractivity contribution in [3.63, 3.8) is 0 Å². The number of aromatic amines is 1. The zero-order valence-electron chi connectivity index (χ0n) is 9.52. The fraction of sp³-hybridized carbons (Fsp3) is 0.600. The molecule has 0 aromatic carbocycles. The number of alkyl halides is 3. The average molecular weight is 250 g/mol. The maximum Gasteiger partial charge on any atom is 0.435 e. The zero-order chi connectivity index (χ0) is 13.1. The van der Waals surface area contributed by atoms with E-state index in [1.54, 1.807) is 6.92 Å². The van der Waals surface area contributed by atoms with Gasteiger partial charge in [0.05, 0.1) is 7.11 Å². The highest BCUT2D eigenvalue weighted by Crippen LogP contribution is 2.32. The van der Waals surface area contributed by atoms with Crippen LogP contribution in [0.4, 0.5) is 13.2 Å². The Labute approximate surface area is 96.2 Å². The average Bonchev–Trinajstić information content (AvgIpc) is 2.68. The summed E-state index contributed by atoms with van der Waals surface area (Å²) in [5, 5.41) is 5.61. The standard InChI is InChI=1S/C10H13F3N2O2/c1-3-7-6(4-5-8(16)17-2)9(15-14-7)10(11,12)13/h3-5H2,1-2H3,(H,14,15). The van der Waals surface area contributed by atoms with E-state index in [0.717, 1.165) is 0 Å². The van der Waals surface area contributed by atoms with Crippen molar-refractivity contribution in [2.75, 3.05) is 7.11 Å². The van der Waals surface area contributed by atoms with Gasteiger partial charge in [0.1, 0.15) is 0 Å². The molecule has 0 saturated carbocycles. The Morgan fingerprint density at radius 2 is 2.12 bits per heavy atom. The largest absolute Gasteiger partial charge is 0.469 e. The summed E-state index contributed by atoms with van der Waals surface area (Å²) in [6, 6.07) is 0. The number of hydrogen-bond acceptors (Lipinski definition) is 3. The SMILES string of the molecule is CCc1[nH]nc(C(F)(F)F)c1CCC(=O)OC. The Morgan fingerprint density at radius 3 is 2.59 bits per heavy atom. The first-order valence-electron chi connectivity index (χ1n) is 5.10. The van der Waals surface area contributed by atoms with Crippen molar-refractivity contribution in [3.05, 3.63) is 17.0 Å². The molecule has 0 aliphatic heterocycles. The number of halogens is 3. The van der Waals surface area contributed by atoms with Gasteiger partial charge in [-0.1, -0.05) is 6.92 Å². The van der Waals surface area contributed by atoms with Crippen LogP contribution in [-0.2, 0) is 28.5 Å². The molecule has 0 atom stereocenters. The van der Waals surface area contributed by atoms with Gasteiger partial charge in [-0.2, -0.15) is 18.3 Å². The van der Waals surface area contributed by atoms with Crippen LogP contribution in [-0.4, -0.2) is 23.3 Å². The lowest BCUT2D eigenvalue weighted by atomic mass is 10.1. The van der Waals surface area contributed by atoms with Gasteiger partial charge in [-0.15, -0.1) is 0 Å². The highest BCUT2D eigenvalue weighted by Gasteiger charge is 2.37. The number of carbonyl (C=O) groups is 1. The first kappa shape index (κ1) is 13.5. The molecule has 0 amide bonds. The molecule has 1 aromatic rings. The number of hydrogen-bond donors (Lipinski definition) is 1. The summed E-state index contributed by atoms with van der Waals surface area (Å²) in [5.41, 5.74) is -0.495. The molecular weight excluding hydrogens is 237 g/mol. The molecule has 0 unspecified atom stereocenters. The zero-order valence-corrected chi connectivity index (χ0v) is 9.52. The maximum atomic E-state index is 12.6. The van der Waals surface area contributed by atoms with Gasteiger partial charge in [-0.25, -0.2) is 0 Å². The number of nitrogens with one attached hydrogen (secondary N) is 1. The summed E-state index contributed by atoms with van der Waals surface area (Å²) in [6.45, 7) is 1.72. The van der Waals surface area contributed by atoms with Crippen molar-refractivity contribution in [1.29, 1.82) is 0 Å². The van der Waals surface area contributed by atoms with Crippen LogP contribution in [0.3, 0.4) is 0 Å². The number of aryl methyl sites for hydroxylation is 1.